The van der Waals surface area contributed by atoms with Gasteiger partial charge in [-0.05, 0) is 30.7 Å². The summed E-state index contributed by atoms with van der Waals surface area (Å²) in [5.74, 6) is -1.38. The fourth-order valence-corrected chi connectivity index (χ4v) is 3.61. The molecule has 2 aromatic rings. The second-order valence-corrected chi connectivity index (χ2v) is 6.38. The van der Waals surface area contributed by atoms with E-state index in [2.05, 4.69) is 10.3 Å². The van der Waals surface area contributed by atoms with Gasteiger partial charge < -0.3 is 10.4 Å². The van der Waals surface area contributed by atoms with Crippen molar-refractivity contribution in [2.75, 3.05) is 0 Å². The number of rotatable bonds is 4. The minimum atomic E-state index is -1.09. The normalized spacial score (nSPS) is 16.4. The number of aromatic nitrogens is 1. The molecule has 1 aliphatic rings. The summed E-state index contributed by atoms with van der Waals surface area (Å²) in [7, 11) is 0. The van der Waals surface area contributed by atoms with E-state index in [0.29, 0.717) is 12.8 Å². The molecule has 1 amide bonds. The summed E-state index contributed by atoms with van der Waals surface area (Å²) >= 11 is 2.95. The smallest absolute Gasteiger partial charge is 0.329 e. The number of thiazole rings is 1. The molecule has 2 aromatic heterocycles. The quantitative estimate of drug-likeness (QED) is 0.910. The second-order valence-electron chi connectivity index (χ2n) is 4.74. The summed E-state index contributed by atoms with van der Waals surface area (Å²) in [6.07, 6.45) is 1.79. The van der Waals surface area contributed by atoms with Crippen molar-refractivity contribution in [1.29, 1.82) is 0 Å². The fourth-order valence-electron chi connectivity index (χ4n) is 2.10. The molecule has 0 atom stereocenters. The lowest BCUT2D eigenvalue weighted by Crippen LogP contribution is -2.59. The van der Waals surface area contributed by atoms with Gasteiger partial charge in [0.25, 0.3) is 5.91 Å². The first-order chi connectivity index (χ1) is 9.61. The summed E-state index contributed by atoms with van der Waals surface area (Å²) in [5.41, 5.74) is 0.169. The minimum absolute atomic E-state index is 0.281. The Balaban J connectivity index is 1.76. The Morgan fingerprint density at radius 1 is 1.35 bits per heavy atom. The summed E-state index contributed by atoms with van der Waals surface area (Å²) in [6, 6.07) is 1.94. The molecule has 1 aliphatic carbocycles. The van der Waals surface area contributed by atoms with Crippen molar-refractivity contribution in [2.24, 2.45) is 0 Å². The van der Waals surface area contributed by atoms with Gasteiger partial charge in [0.15, 0.2) is 0 Å². The van der Waals surface area contributed by atoms with Gasteiger partial charge in [-0.3, -0.25) is 4.79 Å². The van der Waals surface area contributed by atoms with Crippen LogP contribution in [0.5, 0.6) is 0 Å². The molecule has 2 N–H and O–H groups in total. The molecule has 3 rings (SSSR count). The van der Waals surface area contributed by atoms with Crippen LogP contribution in [0.15, 0.2) is 22.2 Å². The van der Waals surface area contributed by atoms with Crippen LogP contribution in [0, 0.1) is 0 Å². The van der Waals surface area contributed by atoms with Crippen molar-refractivity contribution in [3.63, 3.8) is 0 Å². The molecule has 0 saturated heterocycles. The Labute approximate surface area is 123 Å². The number of thiophene rings is 1. The van der Waals surface area contributed by atoms with E-state index >= 15 is 0 Å². The maximum absolute atomic E-state index is 12.1. The molecular weight excluding hydrogens is 296 g/mol. The maximum Gasteiger partial charge on any atom is 0.329 e. The van der Waals surface area contributed by atoms with E-state index in [4.69, 9.17) is 0 Å². The second kappa shape index (κ2) is 4.99. The minimum Gasteiger partial charge on any atom is -0.480 e. The molecule has 0 spiro atoms. The number of hydrogen-bond donors (Lipinski definition) is 2. The van der Waals surface area contributed by atoms with Gasteiger partial charge in [0.05, 0.1) is 0 Å². The van der Waals surface area contributed by atoms with E-state index in [1.54, 1.807) is 16.7 Å². The third-order valence-electron chi connectivity index (χ3n) is 3.47. The number of nitrogens with one attached hydrogen (secondary N) is 1. The Kier molecular flexibility index (Phi) is 3.31. The lowest BCUT2D eigenvalue weighted by atomic mass is 9.76. The monoisotopic (exact) mass is 308 g/mol. The van der Waals surface area contributed by atoms with Crippen molar-refractivity contribution in [2.45, 2.75) is 24.8 Å². The first-order valence-electron chi connectivity index (χ1n) is 6.15. The zero-order valence-corrected chi connectivity index (χ0v) is 12.1. The SMILES string of the molecule is O=C(NC1(C(=O)O)CCC1)c1csc(-c2ccsc2)n1. The summed E-state index contributed by atoms with van der Waals surface area (Å²) in [5, 5.41) is 18.2. The van der Waals surface area contributed by atoms with Gasteiger partial charge in [0.1, 0.15) is 16.2 Å². The van der Waals surface area contributed by atoms with Crippen LogP contribution in [0.4, 0.5) is 0 Å². The highest BCUT2D eigenvalue weighted by atomic mass is 32.1. The number of nitrogens with zero attached hydrogens (tertiary/aromatic N) is 1. The maximum atomic E-state index is 12.1. The largest absolute Gasteiger partial charge is 0.480 e. The number of aliphatic carboxylic acids is 1. The van der Waals surface area contributed by atoms with Gasteiger partial charge in [-0.25, -0.2) is 9.78 Å². The lowest BCUT2D eigenvalue weighted by molar-refractivity contribution is -0.148. The van der Waals surface area contributed by atoms with Crippen LogP contribution in [-0.2, 0) is 4.79 Å². The molecule has 1 saturated carbocycles. The molecule has 2 heterocycles. The van der Waals surface area contributed by atoms with E-state index in [9.17, 15) is 14.7 Å². The first-order valence-corrected chi connectivity index (χ1v) is 7.97. The average Bonchev–Trinajstić information content (AvgIpc) is 3.01. The van der Waals surface area contributed by atoms with Gasteiger partial charge in [-0.2, -0.15) is 11.3 Å². The van der Waals surface area contributed by atoms with E-state index in [1.165, 1.54) is 11.3 Å². The zero-order chi connectivity index (χ0) is 14.2. The number of hydrogen-bond acceptors (Lipinski definition) is 5. The average molecular weight is 308 g/mol. The van der Waals surface area contributed by atoms with Crippen LogP contribution in [0.2, 0.25) is 0 Å². The Hall–Kier alpha value is -1.73. The van der Waals surface area contributed by atoms with E-state index in [1.807, 2.05) is 16.8 Å². The van der Waals surface area contributed by atoms with E-state index < -0.39 is 17.4 Å². The van der Waals surface area contributed by atoms with Crippen LogP contribution in [0.25, 0.3) is 10.6 Å². The van der Waals surface area contributed by atoms with Gasteiger partial charge >= 0.3 is 5.97 Å². The number of carbonyl (C=O) groups is 2. The molecule has 20 heavy (non-hydrogen) atoms. The molecule has 0 aromatic carbocycles. The van der Waals surface area contributed by atoms with Crippen molar-refractivity contribution >= 4 is 34.6 Å². The highest BCUT2D eigenvalue weighted by Gasteiger charge is 2.46. The standard InChI is InChI=1S/C13H12N2O3S2/c16-10(15-13(12(17)18)3-1-4-13)9-7-20-11(14-9)8-2-5-19-6-8/h2,5-7H,1,3-4H2,(H,15,16)(H,17,18). The third kappa shape index (κ3) is 2.23. The number of carboxylic acids is 1. The fraction of sp³-hybridized carbons (Fsp3) is 0.308. The van der Waals surface area contributed by atoms with Crippen LogP contribution in [0.1, 0.15) is 29.8 Å². The highest BCUT2D eigenvalue weighted by molar-refractivity contribution is 7.14. The van der Waals surface area contributed by atoms with Gasteiger partial charge in [-0.1, -0.05) is 0 Å². The lowest BCUT2D eigenvalue weighted by Gasteiger charge is -2.37. The molecule has 5 nitrogen and oxygen atoms in total. The molecule has 0 unspecified atom stereocenters. The Morgan fingerprint density at radius 2 is 2.15 bits per heavy atom. The van der Waals surface area contributed by atoms with Crippen LogP contribution in [-0.4, -0.2) is 27.5 Å². The predicted molar refractivity (Wildman–Crippen MR) is 77.1 cm³/mol. The molecule has 7 heteroatoms. The Morgan fingerprint density at radius 3 is 2.70 bits per heavy atom. The highest BCUT2D eigenvalue weighted by Crippen LogP contribution is 2.32. The molecule has 104 valence electrons. The van der Waals surface area contributed by atoms with Crippen molar-refractivity contribution in [1.82, 2.24) is 10.3 Å². The van der Waals surface area contributed by atoms with Gasteiger partial charge in [-0.15, -0.1) is 11.3 Å². The first kappa shape index (κ1) is 13.3. The van der Waals surface area contributed by atoms with Crippen LogP contribution < -0.4 is 5.32 Å². The van der Waals surface area contributed by atoms with E-state index in [0.717, 1.165) is 17.0 Å². The van der Waals surface area contributed by atoms with Gasteiger partial charge in [0.2, 0.25) is 0 Å². The topological polar surface area (TPSA) is 79.3 Å². The number of carboxylic acid groups (broad SMARTS) is 1. The van der Waals surface area contributed by atoms with Gasteiger partial charge in [0, 0.05) is 16.3 Å². The molecule has 0 bridgehead atoms. The summed E-state index contributed by atoms with van der Waals surface area (Å²) in [6.45, 7) is 0. The molecule has 1 fully saturated rings. The number of amides is 1. The summed E-state index contributed by atoms with van der Waals surface area (Å²) < 4.78 is 0. The third-order valence-corrected chi connectivity index (χ3v) is 5.05. The molecule has 0 aliphatic heterocycles. The van der Waals surface area contributed by atoms with Crippen molar-refractivity contribution in [3.05, 3.63) is 27.9 Å². The van der Waals surface area contributed by atoms with Crippen LogP contribution in [0.3, 0.4) is 0 Å². The summed E-state index contributed by atoms with van der Waals surface area (Å²) in [4.78, 5) is 27.6. The molecular formula is C13H12N2O3S2. The predicted octanol–water partition coefficient (Wildman–Crippen LogP) is 2.61. The zero-order valence-electron chi connectivity index (χ0n) is 10.5. The molecule has 0 radical (unpaired) electrons. The van der Waals surface area contributed by atoms with Crippen LogP contribution >= 0.6 is 22.7 Å². The Bertz CT molecular complexity index is 644. The number of carbonyl (C=O) groups excluding carboxylic acids is 1. The van der Waals surface area contributed by atoms with Crippen molar-refractivity contribution < 1.29 is 14.7 Å². The van der Waals surface area contributed by atoms with E-state index in [-0.39, 0.29) is 5.69 Å². The van der Waals surface area contributed by atoms with Crippen molar-refractivity contribution in [3.8, 4) is 10.6 Å².